The fourth-order valence-corrected chi connectivity index (χ4v) is 9.15. The van der Waals surface area contributed by atoms with Crippen LogP contribution in [0.3, 0.4) is 0 Å². The van der Waals surface area contributed by atoms with Gasteiger partial charge in [0.15, 0.2) is 5.75 Å². The number of fused-ring (bicyclic) bond motifs is 2. The van der Waals surface area contributed by atoms with Crippen molar-refractivity contribution in [3.05, 3.63) is 166 Å². The standard InChI is InChI=1S/2C25H20ClN3O6S.Ba/c2*1-14-21(36(32,33)34)11-10-20(26)22(14)28-29-23-18-9-4-3-6-15(18)12-19(24(23)30)25(31)27-16-7-5-8-17(13-16)35-2;/h2*3-13,30H,1-2H3,(H,27,31)(H,32,33,34);/q;;+2/p-2. The summed E-state index contributed by atoms with van der Waals surface area (Å²) in [5.41, 5.74) is 0.380. The van der Waals surface area contributed by atoms with Crippen LogP contribution in [0.5, 0.6) is 23.0 Å². The van der Waals surface area contributed by atoms with Gasteiger partial charge in [-0.3, -0.25) is 18.9 Å². The van der Waals surface area contributed by atoms with Crippen LogP contribution in [0.2, 0.25) is 10.0 Å². The molecule has 368 valence electrons. The summed E-state index contributed by atoms with van der Waals surface area (Å²) < 4.78 is 75.9. The van der Waals surface area contributed by atoms with Crippen molar-refractivity contribution in [1.29, 1.82) is 0 Å². The molecule has 0 saturated carbocycles. The Morgan fingerprint density at radius 3 is 1.60 bits per heavy atom. The van der Waals surface area contributed by atoms with Crippen molar-refractivity contribution in [2.24, 2.45) is 25.4 Å². The quantitative estimate of drug-likeness (QED) is 0.0292. The molecule has 0 aliphatic heterocycles. The summed E-state index contributed by atoms with van der Waals surface area (Å²) in [5.74, 6) is -1.47. The van der Waals surface area contributed by atoms with Crippen LogP contribution in [0.25, 0.3) is 21.5 Å². The molecule has 0 heterocycles. The van der Waals surface area contributed by atoms with Crippen molar-refractivity contribution in [2.75, 3.05) is 19.5 Å². The van der Waals surface area contributed by atoms with E-state index >= 15 is 0 Å². The third kappa shape index (κ3) is 12.9. The number of nitrogens with one attached hydrogen (secondary N) is 1. The third-order valence-electron chi connectivity index (χ3n) is 10.8. The van der Waals surface area contributed by atoms with Crippen LogP contribution in [0.15, 0.2) is 169 Å². The normalized spacial score (nSPS) is 11.9. The van der Waals surface area contributed by atoms with Crippen LogP contribution < -0.4 is 25.0 Å². The van der Waals surface area contributed by atoms with Gasteiger partial charge in [-0.1, -0.05) is 89.6 Å². The Balaban J connectivity index is 0.000000235. The van der Waals surface area contributed by atoms with Crippen LogP contribution in [-0.2, 0) is 20.2 Å². The maximum Gasteiger partial charge on any atom is 2.00 e. The van der Waals surface area contributed by atoms with Crippen molar-refractivity contribution < 1.29 is 55.5 Å². The minimum Gasteiger partial charge on any atom is -0.871 e. The number of nitrogens with zero attached hydrogens (tertiary/aromatic N) is 5. The zero-order chi connectivity index (χ0) is 52.1. The van der Waals surface area contributed by atoms with Gasteiger partial charge in [0, 0.05) is 28.6 Å². The molecule has 8 aromatic rings. The summed E-state index contributed by atoms with van der Waals surface area (Å²) in [6, 6.07) is 34.7. The van der Waals surface area contributed by atoms with E-state index in [1.165, 1.54) is 52.3 Å². The summed E-state index contributed by atoms with van der Waals surface area (Å²) >= 11 is 12.4. The Hall–Kier alpha value is -6.41. The Labute approximate surface area is 468 Å². The number of phenols is 1. The molecule has 0 spiro atoms. The van der Waals surface area contributed by atoms with Crippen LogP contribution in [-0.4, -0.2) is 106 Å². The van der Waals surface area contributed by atoms with Crippen LogP contribution in [0, 0.1) is 13.8 Å². The van der Waals surface area contributed by atoms with Gasteiger partial charge in [-0.2, -0.15) is 21.9 Å². The summed E-state index contributed by atoms with van der Waals surface area (Å²) in [7, 11) is -6.07. The molecule has 8 rings (SSSR count). The molecule has 8 aromatic carbocycles. The Morgan fingerprint density at radius 1 is 0.603 bits per heavy atom. The summed E-state index contributed by atoms with van der Waals surface area (Å²) in [6.45, 7) is 2.81. The molecule has 0 fully saturated rings. The SMILES string of the molecule is COc1cccc(N=C([O-])c2cc3ccccc3c(N=Nc3c(Cl)ccc(S(=O)(=O)O)c3C)c2[O-])c1.COc1cccc(NC(=O)c2cc3ccccc3c(N=Nc3c(Cl)ccc(S(=O)(=O)O)c3C)c2O)c1.[Ba+2]. The van der Waals surface area contributed by atoms with E-state index in [1.807, 2.05) is 0 Å². The largest absolute Gasteiger partial charge is 2.00 e. The number of carbonyl (C=O) groups excluding carboxylic acids is 1. The molecule has 0 aliphatic carbocycles. The van der Waals surface area contributed by atoms with Crippen LogP contribution in [0.4, 0.5) is 34.1 Å². The summed E-state index contributed by atoms with van der Waals surface area (Å²) in [5, 5.41) is 58.6. The van der Waals surface area contributed by atoms with Crippen molar-refractivity contribution >= 4 is 160 Å². The molecule has 0 bridgehead atoms. The van der Waals surface area contributed by atoms with Crippen LogP contribution in [0.1, 0.15) is 27.0 Å². The van der Waals surface area contributed by atoms with Gasteiger partial charge in [0.2, 0.25) is 0 Å². The number of phenolic OH excluding ortho intramolecular Hbond substituents is 1. The van der Waals surface area contributed by atoms with E-state index in [1.54, 1.807) is 97.1 Å². The summed E-state index contributed by atoms with van der Waals surface area (Å²) in [6.07, 6.45) is 0. The number of rotatable bonds is 12. The number of methoxy groups -OCH3 is 2. The smallest absolute Gasteiger partial charge is 0.871 e. The molecule has 0 radical (unpaired) electrons. The molecule has 0 aliphatic rings. The van der Waals surface area contributed by atoms with Gasteiger partial charge in [-0.05, 0) is 108 Å². The fourth-order valence-electron chi connectivity index (χ4n) is 7.22. The number of anilines is 1. The van der Waals surface area contributed by atoms with E-state index in [0.717, 1.165) is 12.1 Å². The van der Waals surface area contributed by atoms with Crippen molar-refractivity contribution in [3.63, 3.8) is 0 Å². The molecular weight excluding hydrogens is 1150 g/mol. The first-order valence-corrected chi connectivity index (χ1v) is 24.5. The minimum absolute atomic E-state index is 0. The molecule has 0 saturated heterocycles. The van der Waals surface area contributed by atoms with Gasteiger partial charge in [-0.15, -0.1) is 15.3 Å². The van der Waals surface area contributed by atoms with Gasteiger partial charge in [0.05, 0.1) is 51.0 Å². The predicted molar refractivity (Wildman–Crippen MR) is 275 cm³/mol. The fraction of sp³-hybridized carbons (Fsp3) is 0.0800. The van der Waals surface area contributed by atoms with Gasteiger partial charge < -0.3 is 30.1 Å². The number of halogens is 2. The average molecular weight is 1190 g/mol. The molecule has 1 amide bonds. The molecule has 4 N–H and O–H groups in total. The van der Waals surface area contributed by atoms with Crippen molar-refractivity contribution in [2.45, 2.75) is 23.6 Å². The van der Waals surface area contributed by atoms with E-state index in [-0.39, 0.29) is 109 Å². The number of amides is 1. The van der Waals surface area contributed by atoms with E-state index in [9.17, 15) is 46.1 Å². The molecule has 18 nitrogen and oxygen atoms in total. The second-order valence-electron chi connectivity index (χ2n) is 15.4. The Morgan fingerprint density at radius 2 is 1.07 bits per heavy atom. The molecule has 0 unspecified atom stereocenters. The third-order valence-corrected chi connectivity index (χ3v) is 13.4. The second kappa shape index (κ2) is 23.6. The number of azo groups is 2. The van der Waals surface area contributed by atoms with E-state index in [2.05, 4.69) is 30.8 Å². The number of aliphatic imine (C=N–C) groups is 1. The average Bonchev–Trinajstić information content (AvgIpc) is 3.34. The number of aromatic hydroxyl groups is 1. The van der Waals surface area contributed by atoms with Crippen molar-refractivity contribution in [1.82, 2.24) is 0 Å². The van der Waals surface area contributed by atoms with E-state index < -0.39 is 48.4 Å². The minimum atomic E-state index is -4.54. The zero-order valence-corrected chi connectivity index (χ0v) is 46.3. The van der Waals surface area contributed by atoms with Crippen molar-refractivity contribution in [3.8, 4) is 23.0 Å². The first-order valence-electron chi connectivity index (χ1n) is 20.9. The van der Waals surface area contributed by atoms with Gasteiger partial charge in [0.25, 0.3) is 26.1 Å². The number of hydrogen-bond acceptors (Lipinski definition) is 15. The Kier molecular flexibility index (Phi) is 18.1. The van der Waals surface area contributed by atoms with Gasteiger partial charge >= 0.3 is 48.9 Å². The van der Waals surface area contributed by atoms with Crippen LogP contribution >= 0.6 is 23.2 Å². The molecule has 23 heteroatoms. The molecule has 0 atom stereocenters. The zero-order valence-electron chi connectivity index (χ0n) is 38.7. The molecular formula is C50H38BaCl2N6O12S2. The Bertz CT molecular complexity index is 3790. The molecule has 73 heavy (non-hydrogen) atoms. The van der Waals surface area contributed by atoms with E-state index in [4.69, 9.17) is 32.7 Å². The second-order valence-corrected chi connectivity index (χ2v) is 19.0. The van der Waals surface area contributed by atoms with Gasteiger partial charge in [0.1, 0.15) is 28.6 Å². The van der Waals surface area contributed by atoms with Gasteiger partial charge in [-0.25, -0.2) is 0 Å². The number of ether oxygens (including phenoxy) is 2. The monoisotopic (exact) mass is 1190 g/mol. The maximum absolute atomic E-state index is 13.3. The number of carbonyl (C=O) groups is 1. The first-order chi connectivity index (χ1) is 34.2. The number of hydrogen-bond donors (Lipinski definition) is 4. The predicted octanol–water partition coefficient (Wildman–Crippen LogP) is 11.0. The number of benzene rings is 8. The summed E-state index contributed by atoms with van der Waals surface area (Å²) in [4.78, 5) is 16.3. The topological polar surface area (TPSA) is 284 Å². The van der Waals surface area contributed by atoms with E-state index in [0.29, 0.717) is 44.4 Å². The maximum atomic E-state index is 13.3. The first kappa shape index (κ1) is 55.9. The molecule has 0 aromatic heterocycles.